The Bertz CT molecular complexity index is 552. The number of tetrazole rings is 1. The van der Waals surface area contributed by atoms with Gasteiger partial charge in [0.1, 0.15) is 6.61 Å². The molecule has 18 heavy (non-hydrogen) atoms. The maximum Gasteiger partial charge on any atom is 0.250 e. The summed E-state index contributed by atoms with van der Waals surface area (Å²) in [5.74, 6) is 0.471. The van der Waals surface area contributed by atoms with E-state index in [1.807, 2.05) is 12.1 Å². The molecule has 1 amide bonds. The first-order valence-corrected chi connectivity index (χ1v) is 5.35. The number of hydrogen-bond donors (Lipinski definition) is 1. The van der Waals surface area contributed by atoms with Gasteiger partial charge in [-0.15, -0.1) is 5.10 Å². The fourth-order valence-electron chi connectivity index (χ4n) is 1.51. The summed E-state index contributed by atoms with van der Waals surface area (Å²) in [5.41, 5.74) is 1.46. The molecule has 0 aliphatic carbocycles. The SMILES string of the molecule is COCC(=O)Nc1cccc(-n2nnnc2C)c1. The number of nitrogens with one attached hydrogen (secondary N) is 1. The van der Waals surface area contributed by atoms with Crippen LogP contribution in [0.4, 0.5) is 5.69 Å². The Morgan fingerprint density at radius 1 is 1.50 bits per heavy atom. The Morgan fingerprint density at radius 3 is 3.00 bits per heavy atom. The van der Waals surface area contributed by atoms with Crippen molar-refractivity contribution in [2.75, 3.05) is 19.0 Å². The molecule has 7 heteroatoms. The molecular weight excluding hydrogens is 234 g/mol. The van der Waals surface area contributed by atoms with Crippen LogP contribution in [0.5, 0.6) is 0 Å². The molecule has 0 unspecified atom stereocenters. The molecule has 0 bridgehead atoms. The minimum atomic E-state index is -0.205. The second-order valence-electron chi connectivity index (χ2n) is 3.67. The second kappa shape index (κ2) is 5.37. The van der Waals surface area contributed by atoms with Crippen molar-refractivity contribution in [3.63, 3.8) is 0 Å². The quantitative estimate of drug-likeness (QED) is 0.853. The number of rotatable bonds is 4. The normalized spacial score (nSPS) is 10.3. The monoisotopic (exact) mass is 247 g/mol. The van der Waals surface area contributed by atoms with Crippen molar-refractivity contribution in [2.24, 2.45) is 0 Å². The lowest BCUT2D eigenvalue weighted by Gasteiger charge is -2.07. The van der Waals surface area contributed by atoms with E-state index in [0.29, 0.717) is 11.5 Å². The minimum absolute atomic E-state index is 0.0220. The standard InChI is InChI=1S/C11H13N5O2/c1-8-13-14-15-16(8)10-5-3-4-9(6-10)12-11(17)7-18-2/h3-6H,7H2,1-2H3,(H,12,17). The summed E-state index contributed by atoms with van der Waals surface area (Å²) >= 11 is 0. The summed E-state index contributed by atoms with van der Waals surface area (Å²) in [6.45, 7) is 1.82. The Hall–Kier alpha value is -2.28. The van der Waals surface area contributed by atoms with Gasteiger partial charge in [0.15, 0.2) is 5.82 Å². The minimum Gasteiger partial charge on any atom is -0.375 e. The van der Waals surface area contributed by atoms with E-state index in [1.165, 1.54) is 7.11 Å². The fraction of sp³-hybridized carbons (Fsp3) is 0.273. The maximum absolute atomic E-state index is 11.4. The lowest BCUT2D eigenvalue weighted by atomic mass is 10.2. The van der Waals surface area contributed by atoms with Gasteiger partial charge in [-0.25, -0.2) is 0 Å². The predicted molar refractivity (Wildman–Crippen MR) is 64.4 cm³/mol. The van der Waals surface area contributed by atoms with Crippen LogP contribution < -0.4 is 5.32 Å². The van der Waals surface area contributed by atoms with Crippen molar-refractivity contribution >= 4 is 11.6 Å². The first-order valence-electron chi connectivity index (χ1n) is 5.35. The second-order valence-corrected chi connectivity index (χ2v) is 3.67. The van der Waals surface area contributed by atoms with E-state index in [2.05, 4.69) is 20.8 Å². The molecule has 0 radical (unpaired) electrons. The largest absolute Gasteiger partial charge is 0.375 e. The molecule has 2 rings (SSSR count). The summed E-state index contributed by atoms with van der Waals surface area (Å²) in [7, 11) is 1.47. The number of carbonyl (C=O) groups is 1. The molecule has 0 aliphatic rings. The summed E-state index contributed by atoms with van der Waals surface area (Å²) < 4.78 is 6.34. The number of aromatic nitrogens is 4. The van der Waals surface area contributed by atoms with Crippen molar-refractivity contribution in [2.45, 2.75) is 6.92 Å². The van der Waals surface area contributed by atoms with Crippen LogP contribution in [-0.4, -0.2) is 39.8 Å². The van der Waals surface area contributed by atoms with Crippen LogP contribution in [0.3, 0.4) is 0 Å². The molecule has 2 aromatic rings. The molecule has 0 aliphatic heterocycles. The van der Waals surface area contributed by atoms with Gasteiger partial charge in [0.25, 0.3) is 0 Å². The van der Waals surface area contributed by atoms with Gasteiger partial charge >= 0.3 is 0 Å². The van der Waals surface area contributed by atoms with Gasteiger partial charge in [-0.1, -0.05) is 6.07 Å². The summed E-state index contributed by atoms with van der Waals surface area (Å²) in [4.78, 5) is 11.4. The predicted octanol–water partition coefficient (Wildman–Crippen LogP) is 0.556. The zero-order valence-corrected chi connectivity index (χ0v) is 10.1. The highest BCUT2D eigenvalue weighted by atomic mass is 16.5. The molecule has 1 aromatic carbocycles. The van der Waals surface area contributed by atoms with Crippen LogP contribution in [0, 0.1) is 6.92 Å². The highest BCUT2D eigenvalue weighted by Crippen LogP contribution is 2.14. The molecule has 7 nitrogen and oxygen atoms in total. The Labute approximate surface area is 104 Å². The molecule has 0 atom stereocenters. The van der Waals surface area contributed by atoms with E-state index in [-0.39, 0.29) is 12.5 Å². The van der Waals surface area contributed by atoms with Crippen LogP contribution in [0.2, 0.25) is 0 Å². The van der Waals surface area contributed by atoms with Crippen LogP contribution in [0.25, 0.3) is 5.69 Å². The third-order valence-electron chi connectivity index (χ3n) is 2.28. The van der Waals surface area contributed by atoms with Crippen LogP contribution >= 0.6 is 0 Å². The van der Waals surface area contributed by atoms with E-state index in [1.54, 1.807) is 23.7 Å². The number of anilines is 1. The van der Waals surface area contributed by atoms with Gasteiger partial charge < -0.3 is 10.1 Å². The van der Waals surface area contributed by atoms with Gasteiger partial charge in [0, 0.05) is 12.8 Å². The maximum atomic E-state index is 11.4. The fourth-order valence-corrected chi connectivity index (χ4v) is 1.51. The zero-order chi connectivity index (χ0) is 13.0. The van der Waals surface area contributed by atoms with Crippen LogP contribution in [0.15, 0.2) is 24.3 Å². The third kappa shape index (κ3) is 2.69. The summed E-state index contributed by atoms with van der Waals surface area (Å²) in [6.07, 6.45) is 0. The molecule has 1 N–H and O–H groups in total. The summed E-state index contributed by atoms with van der Waals surface area (Å²) in [5, 5.41) is 14.0. The number of benzene rings is 1. The highest BCUT2D eigenvalue weighted by molar-refractivity contribution is 5.91. The lowest BCUT2D eigenvalue weighted by molar-refractivity contribution is -0.119. The molecule has 0 spiro atoms. The van der Waals surface area contributed by atoms with Crippen molar-refractivity contribution in [3.05, 3.63) is 30.1 Å². The van der Waals surface area contributed by atoms with Crippen LogP contribution in [-0.2, 0) is 9.53 Å². The molecule has 0 saturated carbocycles. The zero-order valence-electron chi connectivity index (χ0n) is 10.1. The Balaban J connectivity index is 2.20. The topological polar surface area (TPSA) is 81.9 Å². The number of hydrogen-bond acceptors (Lipinski definition) is 5. The number of carbonyl (C=O) groups excluding carboxylic acids is 1. The average molecular weight is 247 g/mol. The molecule has 1 heterocycles. The molecule has 94 valence electrons. The number of aryl methyl sites for hydroxylation is 1. The van der Waals surface area contributed by atoms with E-state index < -0.39 is 0 Å². The Morgan fingerprint density at radius 2 is 2.33 bits per heavy atom. The summed E-state index contributed by atoms with van der Waals surface area (Å²) in [6, 6.07) is 7.25. The van der Waals surface area contributed by atoms with Crippen molar-refractivity contribution in [3.8, 4) is 5.69 Å². The molecule has 0 saturated heterocycles. The van der Waals surface area contributed by atoms with E-state index in [0.717, 1.165) is 5.69 Å². The third-order valence-corrected chi connectivity index (χ3v) is 2.28. The van der Waals surface area contributed by atoms with Gasteiger partial charge in [0.05, 0.1) is 5.69 Å². The molecular formula is C11H13N5O2. The highest BCUT2D eigenvalue weighted by Gasteiger charge is 2.06. The van der Waals surface area contributed by atoms with Crippen molar-refractivity contribution < 1.29 is 9.53 Å². The Kier molecular flexibility index (Phi) is 3.63. The number of ether oxygens (including phenoxy) is 1. The van der Waals surface area contributed by atoms with Crippen LogP contribution in [0.1, 0.15) is 5.82 Å². The number of amides is 1. The van der Waals surface area contributed by atoms with Crippen molar-refractivity contribution in [1.29, 1.82) is 0 Å². The number of nitrogens with zero attached hydrogens (tertiary/aromatic N) is 4. The molecule has 0 fully saturated rings. The molecule has 1 aromatic heterocycles. The first-order chi connectivity index (χ1) is 8.70. The first kappa shape index (κ1) is 12.2. The lowest BCUT2D eigenvalue weighted by Crippen LogP contribution is -2.17. The van der Waals surface area contributed by atoms with Crippen molar-refractivity contribution in [1.82, 2.24) is 20.2 Å². The average Bonchev–Trinajstić information content (AvgIpc) is 2.76. The van der Waals surface area contributed by atoms with E-state index >= 15 is 0 Å². The smallest absolute Gasteiger partial charge is 0.250 e. The van der Waals surface area contributed by atoms with Gasteiger partial charge in [-0.2, -0.15) is 4.68 Å². The van der Waals surface area contributed by atoms with E-state index in [9.17, 15) is 4.79 Å². The van der Waals surface area contributed by atoms with Gasteiger partial charge in [0.2, 0.25) is 5.91 Å². The van der Waals surface area contributed by atoms with Gasteiger partial charge in [-0.05, 0) is 35.5 Å². The number of methoxy groups -OCH3 is 1. The van der Waals surface area contributed by atoms with Gasteiger partial charge in [-0.3, -0.25) is 4.79 Å². The van der Waals surface area contributed by atoms with E-state index in [4.69, 9.17) is 4.74 Å².